The van der Waals surface area contributed by atoms with Gasteiger partial charge in [-0.3, -0.25) is 4.79 Å². The molecule has 0 spiro atoms. The highest BCUT2D eigenvalue weighted by Gasteiger charge is 2.20. The zero-order valence-corrected chi connectivity index (χ0v) is 17.8. The van der Waals surface area contributed by atoms with Crippen molar-refractivity contribution >= 4 is 28.6 Å². The molecule has 0 fully saturated rings. The van der Waals surface area contributed by atoms with Gasteiger partial charge in [0.25, 0.3) is 5.91 Å². The van der Waals surface area contributed by atoms with E-state index in [2.05, 4.69) is 15.4 Å². The average Bonchev–Trinajstić information content (AvgIpc) is 3.16. The molecule has 1 aromatic carbocycles. The maximum absolute atomic E-state index is 12.8. The summed E-state index contributed by atoms with van der Waals surface area (Å²) in [6.45, 7) is 7.57. The number of fused-ring (bicyclic) bond motifs is 1. The first-order valence-corrected chi connectivity index (χ1v) is 9.80. The van der Waals surface area contributed by atoms with E-state index in [-0.39, 0.29) is 12.0 Å². The zero-order chi connectivity index (χ0) is 21.8. The monoisotopic (exact) mass is 410 g/mol. The average molecular weight is 410 g/mol. The molecule has 30 heavy (non-hydrogen) atoms. The third kappa shape index (κ3) is 4.42. The molecule has 0 aliphatic carbocycles. The molecule has 158 valence electrons. The van der Waals surface area contributed by atoms with E-state index in [0.29, 0.717) is 28.0 Å². The van der Waals surface area contributed by atoms with Crippen LogP contribution in [0.5, 0.6) is 5.75 Å². The van der Waals surface area contributed by atoms with Gasteiger partial charge in [-0.05, 0) is 38.0 Å². The highest BCUT2D eigenvalue weighted by Crippen LogP contribution is 2.25. The number of methoxy groups -OCH3 is 1. The van der Waals surface area contributed by atoms with Crippen molar-refractivity contribution in [1.29, 1.82) is 0 Å². The number of aromatic nitrogens is 3. The summed E-state index contributed by atoms with van der Waals surface area (Å²) >= 11 is 0. The van der Waals surface area contributed by atoms with E-state index in [1.807, 2.05) is 27.7 Å². The highest BCUT2D eigenvalue weighted by molar-refractivity contribution is 6.04. The number of rotatable bonds is 7. The van der Waals surface area contributed by atoms with Crippen LogP contribution in [0.4, 0.5) is 5.69 Å². The molecule has 1 N–H and O–H groups in total. The number of nitrogens with one attached hydrogen (secondary N) is 1. The van der Waals surface area contributed by atoms with Crippen LogP contribution in [-0.4, -0.2) is 40.4 Å². The number of amides is 1. The van der Waals surface area contributed by atoms with E-state index in [9.17, 15) is 9.59 Å². The predicted molar refractivity (Wildman–Crippen MR) is 114 cm³/mol. The molecule has 0 atom stereocenters. The minimum absolute atomic E-state index is 0.0907. The fraction of sp³-hybridized carbons (Fsp3) is 0.364. The van der Waals surface area contributed by atoms with Gasteiger partial charge in [0.2, 0.25) is 0 Å². The Bertz CT molecular complexity index is 1070. The number of carbonyl (C=O) groups is 2. The molecule has 8 nitrogen and oxygen atoms in total. The molecule has 3 rings (SSSR count). The fourth-order valence-corrected chi connectivity index (χ4v) is 3.02. The summed E-state index contributed by atoms with van der Waals surface area (Å²) in [6, 6.07) is 8.81. The van der Waals surface area contributed by atoms with Crippen LogP contribution in [0.15, 0.2) is 36.5 Å². The van der Waals surface area contributed by atoms with Crippen molar-refractivity contribution in [1.82, 2.24) is 14.8 Å². The van der Waals surface area contributed by atoms with Crippen LogP contribution in [0.3, 0.4) is 0 Å². The standard InChI is InChI=1S/C22H26N4O4/c1-13(2)18-10-15(16-11-23-26(14(3)4)21(16)25-18)22(28)30-12-20(27)24-17-8-6-7-9-19(17)29-5/h6-11,13-14H,12H2,1-5H3,(H,24,27). The lowest BCUT2D eigenvalue weighted by molar-refractivity contribution is -0.119. The Labute approximate surface area is 175 Å². The number of nitrogens with zero attached hydrogens (tertiary/aromatic N) is 3. The summed E-state index contributed by atoms with van der Waals surface area (Å²) in [4.78, 5) is 29.7. The van der Waals surface area contributed by atoms with Crippen LogP contribution in [0.25, 0.3) is 11.0 Å². The number of para-hydroxylation sites is 2. The minimum atomic E-state index is -0.595. The molecular weight excluding hydrogens is 384 g/mol. The molecule has 2 aromatic heterocycles. The third-order valence-corrected chi connectivity index (χ3v) is 4.60. The third-order valence-electron chi connectivity index (χ3n) is 4.60. The maximum atomic E-state index is 12.8. The smallest absolute Gasteiger partial charge is 0.339 e. The van der Waals surface area contributed by atoms with E-state index in [0.717, 1.165) is 5.69 Å². The molecule has 1 amide bonds. The van der Waals surface area contributed by atoms with Gasteiger partial charge in [-0.1, -0.05) is 26.0 Å². The van der Waals surface area contributed by atoms with Gasteiger partial charge in [0.05, 0.1) is 29.9 Å². The molecule has 0 aliphatic heterocycles. The Morgan fingerprint density at radius 2 is 1.90 bits per heavy atom. The number of hydrogen-bond donors (Lipinski definition) is 1. The molecule has 8 heteroatoms. The minimum Gasteiger partial charge on any atom is -0.495 e. The van der Waals surface area contributed by atoms with Crippen molar-refractivity contribution in [3.63, 3.8) is 0 Å². The second kappa shape index (κ2) is 8.94. The van der Waals surface area contributed by atoms with Gasteiger partial charge in [-0.15, -0.1) is 0 Å². The number of pyridine rings is 1. The largest absolute Gasteiger partial charge is 0.495 e. The fourth-order valence-electron chi connectivity index (χ4n) is 3.02. The van der Waals surface area contributed by atoms with Crippen LogP contribution >= 0.6 is 0 Å². The lowest BCUT2D eigenvalue weighted by atomic mass is 10.1. The van der Waals surface area contributed by atoms with E-state index in [1.165, 1.54) is 7.11 Å². The van der Waals surface area contributed by atoms with Crippen molar-refractivity contribution in [3.05, 3.63) is 47.8 Å². The van der Waals surface area contributed by atoms with Gasteiger partial charge in [0, 0.05) is 11.7 Å². The quantitative estimate of drug-likeness (QED) is 0.593. The second-order valence-corrected chi connectivity index (χ2v) is 7.49. The first-order valence-electron chi connectivity index (χ1n) is 9.80. The van der Waals surface area contributed by atoms with E-state index < -0.39 is 18.5 Å². The van der Waals surface area contributed by atoms with Gasteiger partial charge >= 0.3 is 5.97 Å². The van der Waals surface area contributed by atoms with E-state index in [1.54, 1.807) is 41.2 Å². The van der Waals surface area contributed by atoms with Crippen LogP contribution in [0.2, 0.25) is 0 Å². The number of anilines is 1. The lowest BCUT2D eigenvalue weighted by Crippen LogP contribution is -2.21. The number of esters is 1. The van der Waals surface area contributed by atoms with Crippen molar-refractivity contribution in [2.75, 3.05) is 19.0 Å². The van der Waals surface area contributed by atoms with Crippen molar-refractivity contribution in [2.45, 2.75) is 39.7 Å². The zero-order valence-electron chi connectivity index (χ0n) is 17.8. The van der Waals surface area contributed by atoms with Crippen LogP contribution < -0.4 is 10.1 Å². The molecule has 0 radical (unpaired) electrons. The van der Waals surface area contributed by atoms with E-state index >= 15 is 0 Å². The van der Waals surface area contributed by atoms with Gasteiger partial charge in [-0.2, -0.15) is 5.10 Å². The Morgan fingerprint density at radius 3 is 2.57 bits per heavy atom. The maximum Gasteiger partial charge on any atom is 0.339 e. The normalized spacial score (nSPS) is 11.2. The molecule has 0 saturated heterocycles. The second-order valence-electron chi connectivity index (χ2n) is 7.49. The lowest BCUT2D eigenvalue weighted by Gasteiger charge is -2.12. The number of hydrogen-bond acceptors (Lipinski definition) is 6. The summed E-state index contributed by atoms with van der Waals surface area (Å²) in [5.74, 6) is -0.413. The van der Waals surface area contributed by atoms with Gasteiger partial charge in [0.1, 0.15) is 5.75 Å². The van der Waals surface area contributed by atoms with Crippen LogP contribution in [0, 0.1) is 0 Å². The highest BCUT2D eigenvalue weighted by atomic mass is 16.5. The van der Waals surface area contributed by atoms with E-state index in [4.69, 9.17) is 9.47 Å². The van der Waals surface area contributed by atoms with Crippen molar-refractivity contribution in [3.8, 4) is 5.75 Å². The summed E-state index contributed by atoms with van der Waals surface area (Å²) in [5.41, 5.74) is 2.24. The van der Waals surface area contributed by atoms with Gasteiger partial charge in [0.15, 0.2) is 12.3 Å². The summed E-state index contributed by atoms with van der Waals surface area (Å²) in [6.07, 6.45) is 1.61. The molecule has 0 bridgehead atoms. The van der Waals surface area contributed by atoms with Crippen molar-refractivity contribution < 1.29 is 19.1 Å². The van der Waals surface area contributed by atoms with Crippen molar-refractivity contribution in [2.24, 2.45) is 0 Å². The number of benzene rings is 1. The van der Waals surface area contributed by atoms with Gasteiger partial charge in [-0.25, -0.2) is 14.5 Å². The molecule has 3 aromatic rings. The first kappa shape index (κ1) is 21.3. The predicted octanol–water partition coefficient (Wildman–Crippen LogP) is 3.94. The molecule has 0 aliphatic rings. The SMILES string of the molecule is COc1ccccc1NC(=O)COC(=O)c1cc(C(C)C)nc2c1cnn2C(C)C. The molecule has 2 heterocycles. The van der Waals surface area contributed by atoms with Crippen LogP contribution in [-0.2, 0) is 9.53 Å². The van der Waals surface area contributed by atoms with Crippen LogP contribution in [0.1, 0.15) is 55.7 Å². The Hall–Kier alpha value is -3.42. The Balaban J connectivity index is 1.80. The van der Waals surface area contributed by atoms with Gasteiger partial charge < -0.3 is 14.8 Å². The summed E-state index contributed by atoms with van der Waals surface area (Å²) < 4.78 is 12.3. The number of carbonyl (C=O) groups excluding carboxylic acids is 2. The summed E-state index contributed by atoms with van der Waals surface area (Å²) in [5, 5.41) is 7.65. The summed E-state index contributed by atoms with van der Waals surface area (Å²) in [7, 11) is 1.52. The molecular formula is C22H26N4O4. The Morgan fingerprint density at radius 1 is 1.17 bits per heavy atom. The topological polar surface area (TPSA) is 95.3 Å². The molecule has 0 saturated carbocycles. The first-order chi connectivity index (χ1) is 14.3. The number of ether oxygens (including phenoxy) is 2. The Kier molecular flexibility index (Phi) is 6.34. The molecule has 0 unspecified atom stereocenters.